The second kappa shape index (κ2) is 11.2. The van der Waals surface area contributed by atoms with E-state index in [0.29, 0.717) is 0 Å². The fraction of sp³-hybridized carbons (Fsp3) is 0.171. The summed E-state index contributed by atoms with van der Waals surface area (Å²) in [5, 5.41) is 2.13. The van der Waals surface area contributed by atoms with E-state index in [2.05, 4.69) is 128 Å². The summed E-state index contributed by atoms with van der Waals surface area (Å²) < 4.78 is 0. The molecule has 0 amide bonds. The van der Waals surface area contributed by atoms with E-state index < -0.39 is 11.8 Å². The highest BCUT2D eigenvalue weighted by Gasteiger charge is 2.40. The topological polar surface area (TPSA) is 48.6 Å². The standard InChI is InChI=1S/C35H30Br2N2O/c1-21-11-15-23(16-12-21)33(36)31(27-19-38-29-9-5-3-7-25(27)29)35(40)32(34(37)24-17-13-22(2)14-18-24)28-20-39-30-10-6-4-8-26(28)30/h3-20,31-34,38-39H,1-2H3. The molecule has 0 radical (unpaired) electrons. The summed E-state index contributed by atoms with van der Waals surface area (Å²) in [4.78, 5) is 21.6. The fourth-order valence-electron chi connectivity index (χ4n) is 5.69. The molecule has 0 fully saturated rings. The zero-order valence-electron chi connectivity index (χ0n) is 22.4. The summed E-state index contributed by atoms with van der Waals surface area (Å²) in [6.07, 6.45) is 4.02. The summed E-state index contributed by atoms with van der Waals surface area (Å²) in [5.74, 6) is -0.731. The van der Waals surface area contributed by atoms with Crippen LogP contribution in [0.2, 0.25) is 0 Å². The zero-order valence-corrected chi connectivity index (χ0v) is 25.5. The number of ketones is 1. The van der Waals surface area contributed by atoms with Crippen molar-refractivity contribution in [3.8, 4) is 0 Å². The Labute approximate surface area is 251 Å². The van der Waals surface area contributed by atoms with Crippen molar-refractivity contribution in [1.82, 2.24) is 9.97 Å². The van der Waals surface area contributed by atoms with Gasteiger partial charge in [0.2, 0.25) is 0 Å². The lowest BCUT2D eigenvalue weighted by Gasteiger charge is -2.29. The number of fused-ring (bicyclic) bond motifs is 2. The highest BCUT2D eigenvalue weighted by atomic mass is 79.9. The monoisotopic (exact) mass is 652 g/mol. The van der Waals surface area contributed by atoms with Crippen LogP contribution in [0, 0.1) is 13.8 Å². The van der Waals surface area contributed by atoms with E-state index in [1.165, 1.54) is 11.1 Å². The van der Waals surface area contributed by atoms with Gasteiger partial charge < -0.3 is 9.97 Å². The van der Waals surface area contributed by atoms with Gasteiger partial charge in [-0.05, 0) is 48.2 Å². The molecule has 200 valence electrons. The lowest BCUT2D eigenvalue weighted by atomic mass is 9.77. The van der Waals surface area contributed by atoms with Crippen LogP contribution in [0.15, 0.2) is 109 Å². The van der Waals surface area contributed by atoms with Gasteiger partial charge in [0.05, 0.1) is 21.5 Å². The molecule has 4 aromatic carbocycles. The van der Waals surface area contributed by atoms with Crippen molar-refractivity contribution in [2.45, 2.75) is 35.3 Å². The molecule has 0 aliphatic heterocycles. The number of H-pyrrole nitrogens is 2. The maximum absolute atomic E-state index is 15.2. The molecule has 6 rings (SSSR count). The second-order valence-corrected chi connectivity index (χ2v) is 12.5. The number of para-hydroxylation sites is 2. The van der Waals surface area contributed by atoms with E-state index in [1.807, 2.05) is 36.7 Å². The SMILES string of the molecule is Cc1ccc(C(Br)C(C(=O)C(c2c[nH]c3ccccc23)C(Br)c2ccc(C)cc2)c2c[nH]c3ccccc23)cc1. The number of carbonyl (C=O) groups is 1. The van der Waals surface area contributed by atoms with Crippen LogP contribution in [0.5, 0.6) is 0 Å². The Balaban J connectivity index is 1.54. The van der Waals surface area contributed by atoms with Gasteiger partial charge in [-0.25, -0.2) is 0 Å². The predicted octanol–water partition coefficient (Wildman–Crippen LogP) is 9.97. The van der Waals surface area contributed by atoms with E-state index in [-0.39, 0.29) is 15.4 Å². The molecule has 6 aromatic rings. The molecular formula is C35H30Br2N2O. The predicted molar refractivity (Wildman–Crippen MR) is 173 cm³/mol. The highest BCUT2D eigenvalue weighted by molar-refractivity contribution is 9.09. The van der Waals surface area contributed by atoms with Crippen LogP contribution in [0.25, 0.3) is 21.8 Å². The minimum atomic E-state index is -0.442. The minimum Gasteiger partial charge on any atom is -0.361 e. The van der Waals surface area contributed by atoms with Crippen molar-refractivity contribution in [2.75, 3.05) is 0 Å². The van der Waals surface area contributed by atoms with Crippen LogP contribution >= 0.6 is 31.9 Å². The van der Waals surface area contributed by atoms with E-state index in [1.54, 1.807) is 0 Å². The van der Waals surface area contributed by atoms with Crippen LogP contribution < -0.4 is 0 Å². The van der Waals surface area contributed by atoms with Crippen molar-refractivity contribution >= 4 is 59.4 Å². The molecule has 4 atom stereocenters. The molecule has 0 saturated carbocycles. The number of Topliss-reactive ketones (excluding diaryl/α,β-unsaturated/α-hetero) is 1. The Hall–Kier alpha value is -3.41. The third-order valence-corrected chi connectivity index (χ3v) is 10.0. The van der Waals surface area contributed by atoms with Crippen molar-refractivity contribution in [3.63, 3.8) is 0 Å². The lowest BCUT2D eigenvalue weighted by molar-refractivity contribution is -0.122. The first-order chi connectivity index (χ1) is 19.4. The normalized spacial score (nSPS) is 14.7. The zero-order chi connectivity index (χ0) is 27.8. The molecule has 0 aliphatic rings. The van der Waals surface area contributed by atoms with Gasteiger partial charge in [0.1, 0.15) is 0 Å². The number of aromatic amines is 2. The van der Waals surface area contributed by atoms with Gasteiger partial charge in [-0.3, -0.25) is 4.79 Å². The van der Waals surface area contributed by atoms with Gasteiger partial charge >= 0.3 is 0 Å². The van der Waals surface area contributed by atoms with Crippen molar-refractivity contribution in [3.05, 3.63) is 143 Å². The molecule has 2 heterocycles. The third-order valence-electron chi connectivity index (χ3n) is 7.90. The first kappa shape index (κ1) is 26.8. The van der Waals surface area contributed by atoms with Crippen LogP contribution in [-0.2, 0) is 4.79 Å². The van der Waals surface area contributed by atoms with E-state index in [4.69, 9.17) is 0 Å². The van der Waals surface area contributed by atoms with Crippen molar-refractivity contribution in [1.29, 1.82) is 0 Å². The van der Waals surface area contributed by atoms with Crippen LogP contribution in [0.1, 0.15) is 54.9 Å². The molecule has 0 spiro atoms. The number of nitrogens with one attached hydrogen (secondary N) is 2. The maximum Gasteiger partial charge on any atom is 0.150 e. The average Bonchev–Trinajstić information content (AvgIpc) is 3.59. The van der Waals surface area contributed by atoms with E-state index >= 15 is 4.79 Å². The van der Waals surface area contributed by atoms with Gasteiger partial charge in [-0.1, -0.05) is 128 Å². The smallest absolute Gasteiger partial charge is 0.150 e. The number of carbonyl (C=O) groups excluding carboxylic acids is 1. The molecule has 2 N–H and O–H groups in total. The Morgan fingerprint density at radius 2 is 0.950 bits per heavy atom. The summed E-state index contributed by atoms with van der Waals surface area (Å²) in [6, 6.07) is 33.3. The average molecular weight is 654 g/mol. The second-order valence-electron chi connectivity index (χ2n) is 10.6. The van der Waals surface area contributed by atoms with Gasteiger partial charge in [-0.15, -0.1) is 0 Å². The van der Waals surface area contributed by atoms with Gasteiger partial charge in [0.15, 0.2) is 5.78 Å². The summed E-state index contributed by atoms with van der Waals surface area (Å²) in [5.41, 5.74) is 8.58. The Kier molecular flexibility index (Phi) is 7.52. The molecule has 2 aromatic heterocycles. The first-order valence-electron chi connectivity index (χ1n) is 13.5. The Bertz CT molecular complexity index is 1650. The number of aryl methyl sites for hydroxylation is 2. The first-order valence-corrected chi connectivity index (χ1v) is 15.3. The van der Waals surface area contributed by atoms with Crippen LogP contribution in [0.3, 0.4) is 0 Å². The van der Waals surface area contributed by atoms with Gasteiger partial charge in [-0.2, -0.15) is 0 Å². The number of rotatable bonds is 8. The van der Waals surface area contributed by atoms with Gasteiger partial charge in [0.25, 0.3) is 0 Å². The van der Waals surface area contributed by atoms with Crippen LogP contribution in [-0.4, -0.2) is 15.8 Å². The minimum absolute atomic E-state index is 0.152. The molecule has 5 heteroatoms. The number of hydrogen-bond acceptors (Lipinski definition) is 1. The number of aromatic nitrogens is 2. The summed E-state index contributed by atoms with van der Waals surface area (Å²) >= 11 is 8.05. The number of alkyl halides is 2. The summed E-state index contributed by atoms with van der Waals surface area (Å²) in [7, 11) is 0. The fourth-order valence-corrected chi connectivity index (χ4v) is 7.39. The molecular weight excluding hydrogens is 624 g/mol. The number of benzene rings is 4. The van der Waals surface area contributed by atoms with Gasteiger partial charge in [0, 0.05) is 34.2 Å². The molecule has 3 nitrogen and oxygen atoms in total. The van der Waals surface area contributed by atoms with Crippen molar-refractivity contribution < 1.29 is 4.79 Å². The van der Waals surface area contributed by atoms with Crippen LogP contribution in [0.4, 0.5) is 0 Å². The lowest BCUT2D eigenvalue weighted by Crippen LogP contribution is -2.26. The Morgan fingerprint density at radius 1 is 0.575 bits per heavy atom. The molecule has 4 unspecified atom stereocenters. The molecule has 0 aliphatic carbocycles. The summed E-state index contributed by atoms with van der Waals surface area (Å²) in [6.45, 7) is 4.17. The maximum atomic E-state index is 15.2. The third kappa shape index (κ3) is 4.97. The van der Waals surface area contributed by atoms with Crippen molar-refractivity contribution in [2.24, 2.45) is 0 Å². The highest BCUT2D eigenvalue weighted by Crippen LogP contribution is 2.49. The molecule has 0 bridgehead atoms. The largest absolute Gasteiger partial charge is 0.361 e. The molecule has 40 heavy (non-hydrogen) atoms. The number of hydrogen-bond donors (Lipinski definition) is 2. The molecule has 0 saturated heterocycles. The van der Waals surface area contributed by atoms with E-state index in [0.717, 1.165) is 44.1 Å². The number of halogens is 2. The quantitative estimate of drug-likeness (QED) is 0.158. The van der Waals surface area contributed by atoms with E-state index in [9.17, 15) is 0 Å². The Morgan fingerprint density at radius 3 is 1.35 bits per heavy atom.